The van der Waals surface area contributed by atoms with Gasteiger partial charge in [-0.25, -0.2) is 0 Å². The van der Waals surface area contributed by atoms with E-state index >= 15 is 0 Å². The molecule has 0 aliphatic carbocycles. The van der Waals surface area contributed by atoms with Gasteiger partial charge in [0.15, 0.2) is 14.1 Å². The summed E-state index contributed by atoms with van der Waals surface area (Å²) in [5, 5.41) is 32.1. The molecule has 0 aromatic heterocycles. The maximum absolute atomic E-state index is 11.8. The minimum Gasteiger partial charge on any atom is -0.481 e. The van der Waals surface area contributed by atoms with Crippen LogP contribution in [0.25, 0.3) is 0 Å². The summed E-state index contributed by atoms with van der Waals surface area (Å²) in [6.07, 6.45) is 20.9. The number of aliphatic hydroxyl groups excluding tert-OH is 2. The molecule has 0 aromatic carbocycles. The summed E-state index contributed by atoms with van der Waals surface area (Å²) in [7, 11) is 1.19. The molecule has 10 heteroatoms. The second-order valence-electron chi connectivity index (χ2n) is 16.6. The van der Waals surface area contributed by atoms with Crippen molar-refractivity contribution in [3.8, 4) is 0 Å². The molecule has 2 rings (SSSR count). The molecule has 0 saturated carbocycles. The van der Waals surface area contributed by atoms with E-state index in [0.29, 0.717) is 19.3 Å². The number of methoxy groups -OCH3 is 2. The van der Waals surface area contributed by atoms with Crippen LogP contribution < -0.4 is 0 Å². The Kier molecular flexibility index (Phi) is 22.0. The predicted molar refractivity (Wildman–Crippen MR) is 230 cm³/mol. The fourth-order valence-electron chi connectivity index (χ4n) is 8.41. The molecule has 2 aliphatic heterocycles. The topological polar surface area (TPSA) is 124 Å². The quantitative estimate of drug-likeness (QED) is 0.0527. The van der Waals surface area contributed by atoms with Crippen molar-refractivity contribution >= 4 is 14.3 Å². The van der Waals surface area contributed by atoms with Crippen molar-refractivity contribution in [3.63, 3.8) is 0 Å². The first-order valence-electron chi connectivity index (χ1n) is 21.2. The number of hydrogen-bond donors (Lipinski definition) is 3. The second-order valence-corrected chi connectivity index (χ2v) is 21.3. The molecule has 4 unspecified atom stereocenters. The fraction of sp³-hybridized carbons (Fsp3) is 0.717. The van der Waals surface area contributed by atoms with Crippen LogP contribution in [-0.4, -0.2) is 92.3 Å². The summed E-state index contributed by atoms with van der Waals surface area (Å²) in [6.45, 7) is 21.7. The highest BCUT2D eigenvalue weighted by Crippen LogP contribution is 2.47. The average Bonchev–Trinajstić information content (AvgIpc) is 3.17. The number of allylic oxidation sites excluding steroid dienone is 10. The van der Waals surface area contributed by atoms with Crippen molar-refractivity contribution in [3.05, 3.63) is 72.4 Å². The number of ether oxygens (including phenoxy) is 4. The molecule has 2 aliphatic rings. The van der Waals surface area contributed by atoms with Gasteiger partial charge in [-0.2, -0.15) is 0 Å². The smallest absolute Gasteiger partial charge is 0.306 e. The highest BCUT2D eigenvalue weighted by molar-refractivity contribution is 6.73. The summed E-state index contributed by atoms with van der Waals surface area (Å²) in [5.74, 6) is -1.91. The molecule has 0 aromatic rings. The Morgan fingerprint density at radius 3 is 2.00 bits per heavy atom. The molecular formula is C46H78O9Si. The van der Waals surface area contributed by atoms with Crippen molar-refractivity contribution in [1.29, 1.82) is 0 Å². The van der Waals surface area contributed by atoms with Crippen LogP contribution in [-0.2, 0) is 28.2 Å². The molecule has 2 heterocycles. The number of carbonyl (C=O) groups is 1. The van der Waals surface area contributed by atoms with Gasteiger partial charge in [-0.05, 0) is 62.6 Å². The van der Waals surface area contributed by atoms with E-state index in [1.54, 1.807) is 19.3 Å². The van der Waals surface area contributed by atoms with Crippen LogP contribution in [0.3, 0.4) is 0 Å². The predicted octanol–water partition coefficient (Wildman–Crippen LogP) is 9.59. The Morgan fingerprint density at radius 2 is 1.48 bits per heavy atom. The van der Waals surface area contributed by atoms with Crippen molar-refractivity contribution in [2.24, 2.45) is 29.6 Å². The standard InChI is InChI=1S/C46H78O9Si/c1-13-32(5)27-34(7)39(47)30-40-36(9)41(52-12)31-46(53-40)42(48)28-35(8)44(54-46)37(10)45(55-56(14-2,15-3)16-4)33(6)25-23-21-19-17-18-20-22-24-26-38(51-11)29-43(49)50/h13,17-26,33-42,44-45,47-48H,14-16,27-31H2,1-12H3,(H,49,50)/b18-17-,21-19+,22-20+,25-23-,26-24-,32-13+/t33-,34-,35?,36+,37+,38+,39+,40+,41?,42?,44?,45-,46-/m0/s1. The van der Waals surface area contributed by atoms with E-state index in [4.69, 9.17) is 28.5 Å². The number of aliphatic carboxylic acids is 1. The van der Waals surface area contributed by atoms with Crippen LogP contribution in [0, 0.1) is 29.6 Å². The maximum Gasteiger partial charge on any atom is 0.306 e. The van der Waals surface area contributed by atoms with E-state index < -0.39 is 38.4 Å². The minimum absolute atomic E-state index is 0.00219. The Balaban J connectivity index is 2.33. The van der Waals surface area contributed by atoms with Crippen molar-refractivity contribution in [2.45, 2.75) is 168 Å². The average molecular weight is 803 g/mol. The summed E-state index contributed by atoms with van der Waals surface area (Å²) in [5.41, 5.74) is 1.25. The Hall–Kier alpha value is -2.15. The van der Waals surface area contributed by atoms with Crippen LogP contribution in [0.2, 0.25) is 18.1 Å². The Bertz CT molecular complexity index is 1330. The van der Waals surface area contributed by atoms with Gasteiger partial charge in [-0.3, -0.25) is 4.79 Å². The van der Waals surface area contributed by atoms with E-state index in [9.17, 15) is 15.0 Å². The molecule has 0 radical (unpaired) electrons. The van der Waals surface area contributed by atoms with Crippen LogP contribution in [0.1, 0.15) is 101 Å². The fourth-order valence-corrected chi connectivity index (χ4v) is 11.4. The number of aliphatic hydroxyl groups is 2. The molecule has 320 valence electrons. The Labute approximate surface area is 341 Å². The highest BCUT2D eigenvalue weighted by Gasteiger charge is 2.57. The molecule has 0 amide bonds. The largest absolute Gasteiger partial charge is 0.481 e. The van der Waals surface area contributed by atoms with Crippen LogP contribution in [0.5, 0.6) is 0 Å². The zero-order valence-electron chi connectivity index (χ0n) is 36.7. The van der Waals surface area contributed by atoms with Gasteiger partial charge in [0, 0.05) is 38.9 Å². The van der Waals surface area contributed by atoms with Crippen molar-refractivity contribution < 1.29 is 43.5 Å². The molecule has 56 heavy (non-hydrogen) atoms. The third-order valence-corrected chi connectivity index (χ3v) is 17.3. The van der Waals surface area contributed by atoms with Gasteiger partial charge in [0.2, 0.25) is 0 Å². The summed E-state index contributed by atoms with van der Waals surface area (Å²) >= 11 is 0. The molecular weight excluding hydrogens is 725 g/mol. The normalized spacial score (nSPS) is 30.2. The lowest BCUT2D eigenvalue weighted by atomic mass is 9.76. The number of rotatable bonds is 23. The van der Waals surface area contributed by atoms with Gasteiger partial charge < -0.3 is 38.7 Å². The van der Waals surface area contributed by atoms with E-state index in [0.717, 1.165) is 24.6 Å². The molecule has 13 atom stereocenters. The van der Waals surface area contributed by atoms with Crippen molar-refractivity contribution in [1.82, 2.24) is 0 Å². The van der Waals surface area contributed by atoms with E-state index in [1.807, 2.05) is 43.4 Å². The molecule has 1 spiro atoms. The Morgan fingerprint density at radius 1 is 0.911 bits per heavy atom. The lowest BCUT2D eigenvalue weighted by Gasteiger charge is -2.55. The summed E-state index contributed by atoms with van der Waals surface area (Å²) in [6, 6.07) is 3.11. The first-order chi connectivity index (χ1) is 26.6. The third kappa shape index (κ3) is 14.6. The van der Waals surface area contributed by atoms with Gasteiger partial charge in [0.05, 0.1) is 43.0 Å². The van der Waals surface area contributed by atoms with Crippen molar-refractivity contribution in [2.75, 3.05) is 14.2 Å². The van der Waals surface area contributed by atoms with Gasteiger partial charge in [0.25, 0.3) is 0 Å². The first kappa shape index (κ1) is 50.0. The van der Waals surface area contributed by atoms with E-state index in [2.05, 4.69) is 80.5 Å². The number of carboxylic acids is 1. The van der Waals surface area contributed by atoms with Gasteiger partial charge in [-0.15, -0.1) is 0 Å². The SMILES string of the molecule is C/C=C(\C)C[C@H](C)[C@H](O)C[C@H]1O[C@@]2(CC(OC)[C@@H]1C)OC([C@@H](C)[C@@H](O[Si](CC)(CC)CC)[C@@H](C)\C=C/C=C/C=C\C=C\C=C/[C@H](CC(=O)O)OC)C(C)CC2O. The molecule has 0 bridgehead atoms. The zero-order valence-corrected chi connectivity index (χ0v) is 37.7. The molecule has 2 fully saturated rings. The molecule has 3 N–H and O–H groups in total. The summed E-state index contributed by atoms with van der Waals surface area (Å²) in [4.78, 5) is 10.9. The third-order valence-electron chi connectivity index (χ3n) is 12.6. The maximum atomic E-state index is 11.8. The summed E-state index contributed by atoms with van der Waals surface area (Å²) < 4.78 is 32.6. The lowest BCUT2D eigenvalue weighted by molar-refractivity contribution is -0.386. The minimum atomic E-state index is -2.03. The first-order valence-corrected chi connectivity index (χ1v) is 23.7. The van der Waals surface area contributed by atoms with Gasteiger partial charge >= 0.3 is 5.97 Å². The molecule has 2 saturated heterocycles. The monoisotopic (exact) mass is 803 g/mol. The van der Waals surface area contributed by atoms with E-state index in [1.165, 1.54) is 12.7 Å². The highest BCUT2D eigenvalue weighted by atomic mass is 28.4. The molecule has 9 nitrogen and oxygen atoms in total. The number of hydrogen-bond acceptors (Lipinski definition) is 8. The number of carboxylic acid groups (broad SMARTS) is 1. The lowest BCUT2D eigenvalue weighted by Crippen LogP contribution is -2.65. The van der Waals surface area contributed by atoms with Gasteiger partial charge in [-0.1, -0.05) is 128 Å². The van der Waals surface area contributed by atoms with Crippen LogP contribution in [0.4, 0.5) is 0 Å². The second kappa shape index (κ2) is 24.7. The van der Waals surface area contributed by atoms with Crippen LogP contribution >= 0.6 is 0 Å². The van der Waals surface area contributed by atoms with Crippen LogP contribution in [0.15, 0.2) is 72.4 Å². The van der Waals surface area contributed by atoms with E-state index in [-0.39, 0.29) is 60.4 Å². The zero-order chi connectivity index (χ0) is 42.1. The van der Waals surface area contributed by atoms with Gasteiger partial charge in [0.1, 0.15) is 6.10 Å².